The molecule has 7 heteroatoms. The first-order valence-corrected chi connectivity index (χ1v) is 12.4. The first-order chi connectivity index (χ1) is 17.4. The van der Waals surface area contributed by atoms with Crippen molar-refractivity contribution in [3.05, 3.63) is 95.3 Å². The van der Waals surface area contributed by atoms with Crippen LogP contribution in [0, 0.1) is 5.82 Å². The molecular weight excluding hydrogens is 453 g/mol. The van der Waals surface area contributed by atoms with Gasteiger partial charge in [0.25, 0.3) is 5.91 Å². The fourth-order valence-corrected chi connectivity index (χ4v) is 4.78. The Kier molecular flexibility index (Phi) is 6.74. The zero-order chi connectivity index (χ0) is 25.2. The SMILES string of the molecule is CN1CCN(c2ccc(C3=NN(C(=O)c4ccc(F)cc4)C(c4ccc(N(C)C)cc4)C3)cc2)CC1. The van der Waals surface area contributed by atoms with E-state index in [9.17, 15) is 9.18 Å². The molecule has 5 rings (SSSR count). The van der Waals surface area contributed by atoms with Crippen LogP contribution in [0.4, 0.5) is 15.8 Å². The van der Waals surface area contributed by atoms with Crippen molar-refractivity contribution in [2.24, 2.45) is 5.10 Å². The van der Waals surface area contributed by atoms with Crippen molar-refractivity contribution in [2.45, 2.75) is 12.5 Å². The van der Waals surface area contributed by atoms with Gasteiger partial charge < -0.3 is 14.7 Å². The minimum atomic E-state index is -0.367. The minimum absolute atomic E-state index is 0.230. The first-order valence-electron chi connectivity index (χ1n) is 12.4. The van der Waals surface area contributed by atoms with E-state index < -0.39 is 0 Å². The Morgan fingerprint density at radius 3 is 2.14 bits per heavy atom. The van der Waals surface area contributed by atoms with Gasteiger partial charge in [0.15, 0.2) is 0 Å². The highest BCUT2D eigenvalue weighted by atomic mass is 19.1. The molecule has 3 aromatic carbocycles. The highest BCUT2D eigenvalue weighted by Gasteiger charge is 2.34. The smallest absolute Gasteiger partial charge is 0.274 e. The fourth-order valence-electron chi connectivity index (χ4n) is 4.78. The number of amides is 1. The number of nitrogens with zero attached hydrogens (tertiary/aromatic N) is 5. The summed E-state index contributed by atoms with van der Waals surface area (Å²) in [7, 11) is 6.16. The van der Waals surface area contributed by atoms with E-state index >= 15 is 0 Å². The van der Waals surface area contributed by atoms with E-state index in [4.69, 9.17) is 5.10 Å². The molecule has 0 bridgehead atoms. The Morgan fingerprint density at radius 1 is 0.889 bits per heavy atom. The monoisotopic (exact) mass is 485 g/mol. The van der Waals surface area contributed by atoms with E-state index in [1.165, 1.54) is 30.0 Å². The van der Waals surface area contributed by atoms with Crippen molar-refractivity contribution < 1.29 is 9.18 Å². The Bertz CT molecular complexity index is 1230. The van der Waals surface area contributed by atoms with Gasteiger partial charge in [-0.15, -0.1) is 0 Å². The Morgan fingerprint density at radius 2 is 1.53 bits per heavy atom. The largest absolute Gasteiger partial charge is 0.378 e. The summed E-state index contributed by atoms with van der Waals surface area (Å²) < 4.78 is 13.5. The number of hydrogen-bond acceptors (Lipinski definition) is 5. The molecule has 0 saturated carbocycles. The van der Waals surface area contributed by atoms with Crippen molar-refractivity contribution >= 4 is 23.0 Å². The number of likely N-dealkylation sites (N-methyl/N-ethyl adjacent to an activating group) is 1. The van der Waals surface area contributed by atoms with Gasteiger partial charge in [-0.3, -0.25) is 4.79 Å². The van der Waals surface area contributed by atoms with Crippen LogP contribution in [0.1, 0.15) is 33.9 Å². The summed E-state index contributed by atoms with van der Waals surface area (Å²) in [5, 5.41) is 6.36. The standard InChI is InChI=1S/C29H32FN5O/c1-32(2)25-12-8-22(9-13-25)28-20-27(31-35(28)29(36)23-4-10-24(30)11-5-23)21-6-14-26(15-7-21)34-18-16-33(3)17-19-34/h4-15,28H,16-20H2,1-3H3. The third-order valence-electron chi connectivity index (χ3n) is 7.07. The lowest BCUT2D eigenvalue weighted by Crippen LogP contribution is -2.44. The number of carbonyl (C=O) groups is 1. The molecule has 1 fully saturated rings. The number of carbonyl (C=O) groups excluding carboxylic acids is 1. The van der Waals surface area contributed by atoms with Crippen molar-refractivity contribution in [1.82, 2.24) is 9.91 Å². The van der Waals surface area contributed by atoms with Crippen LogP contribution in [0.5, 0.6) is 0 Å². The van der Waals surface area contributed by atoms with Crippen LogP contribution in [0.2, 0.25) is 0 Å². The van der Waals surface area contributed by atoms with E-state index in [0.717, 1.165) is 48.7 Å². The summed E-state index contributed by atoms with van der Waals surface area (Å²) in [5.41, 5.74) is 5.62. The van der Waals surface area contributed by atoms with Gasteiger partial charge in [0.2, 0.25) is 0 Å². The number of hydrazone groups is 1. The van der Waals surface area contributed by atoms with Crippen molar-refractivity contribution in [3.8, 4) is 0 Å². The molecular formula is C29H32FN5O. The Labute approximate surface area is 212 Å². The summed E-state index contributed by atoms with van der Waals surface area (Å²) in [6.07, 6.45) is 0.613. The lowest BCUT2D eigenvalue weighted by Gasteiger charge is -2.34. The van der Waals surface area contributed by atoms with Crippen LogP contribution in [0.15, 0.2) is 77.9 Å². The number of piperazine rings is 1. The number of rotatable bonds is 5. The van der Waals surface area contributed by atoms with Gasteiger partial charge in [0.1, 0.15) is 5.82 Å². The topological polar surface area (TPSA) is 42.4 Å². The Hall–Kier alpha value is -3.71. The number of halogens is 1. The maximum atomic E-state index is 13.5. The molecule has 6 nitrogen and oxygen atoms in total. The molecule has 1 saturated heterocycles. The predicted octanol–water partition coefficient (Wildman–Crippen LogP) is 4.64. The van der Waals surface area contributed by atoms with Crippen LogP contribution < -0.4 is 9.80 Å². The molecule has 2 aliphatic rings. The minimum Gasteiger partial charge on any atom is -0.378 e. The van der Waals surface area contributed by atoms with Crippen LogP contribution >= 0.6 is 0 Å². The third kappa shape index (κ3) is 4.97. The summed E-state index contributed by atoms with van der Waals surface area (Å²) in [6.45, 7) is 4.15. The number of benzene rings is 3. The van der Waals surface area contributed by atoms with Crippen molar-refractivity contribution in [2.75, 3.05) is 57.1 Å². The van der Waals surface area contributed by atoms with Gasteiger partial charge in [-0.05, 0) is 66.7 Å². The van der Waals surface area contributed by atoms with E-state index in [1.807, 2.05) is 19.0 Å². The summed E-state index contributed by atoms with van der Waals surface area (Å²) in [5.74, 6) is -0.603. The summed E-state index contributed by atoms with van der Waals surface area (Å²) >= 11 is 0. The fraction of sp³-hybridized carbons (Fsp3) is 0.310. The van der Waals surface area contributed by atoms with Gasteiger partial charge >= 0.3 is 0 Å². The van der Waals surface area contributed by atoms with Crippen LogP contribution in [-0.4, -0.2) is 68.8 Å². The number of hydrogen-bond donors (Lipinski definition) is 0. The van der Waals surface area contributed by atoms with Gasteiger partial charge in [-0.2, -0.15) is 5.10 Å². The highest BCUT2D eigenvalue weighted by Crippen LogP contribution is 2.35. The van der Waals surface area contributed by atoms with Crippen LogP contribution in [-0.2, 0) is 0 Å². The summed E-state index contributed by atoms with van der Waals surface area (Å²) in [4.78, 5) is 20.2. The molecule has 3 aromatic rings. The van der Waals surface area contributed by atoms with Crippen LogP contribution in [0.25, 0.3) is 0 Å². The molecule has 186 valence electrons. The molecule has 2 heterocycles. The lowest BCUT2D eigenvalue weighted by atomic mass is 9.97. The van der Waals surface area contributed by atoms with E-state index in [0.29, 0.717) is 12.0 Å². The summed E-state index contributed by atoms with van der Waals surface area (Å²) in [6, 6.07) is 22.1. The maximum Gasteiger partial charge on any atom is 0.274 e. The normalized spacial score (nSPS) is 18.3. The second-order valence-electron chi connectivity index (χ2n) is 9.75. The van der Waals surface area contributed by atoms with Crippen molar-refractivity contribution in [1.29, 1.82) is 0 Å². The second kappa shape index (κ2) is 10.1. The van der Waals surface area contributed by atoms with E-state index in [2.05, 4.69) is 65.4 Å². The van der Waals surface area contributed by atoms with Gasteiger partial charge in [0, 0.05) is 63.6 Å². The molecule has 0 N–H and O–H groups in total. The molecule has 2 aliphatic heterocycles. The molecule has 0 aliphatic carbocycles. The number of anilines is 2. The van der Waals surface area contributed by atoms with Crippen LogP contribution in [0.3, 0.4) is 0 Å². The first kappa shape index (κ1) is 24.0. The molecule has 0 spiro atoms. The van der Waals surface area contributed by atoms with Crippen molar-refractivity contribution in [3.63, 3.8) is 0 Å². The quantitative estimate of drug-likeness (QED) is 0.528. The predicted molar refractivity (Wildman–Crippen MR) is 143 cm³/mol. The third-order valence-corrected chi connectivity index (χ3v) is 7.07. The van der Waals surface area contributed by atoms with Gasteiger partial charge in [0.05, 0.1) is 11.8 Å². The zero-order valence-electron chi connectivity index (χ0n) is 21.1. The molecule has 1 amide bonds. The zero-order valence-corrected chi connectivity index (χ0v) is 21.1. The van der Waals surface area contributed by atoms with Gasteiger partial charge in [-0.1, -0.05) is 24.3 Å². The molecule has 1 unspecified atom stereocenters. The molecule has 36 heavy (non-hydrogen) atoms. The van der Waals surface area contributed by atoms with Gasteiger partial charge in [-0.25, -0.2) is 9.40 Å². The molecule has 1 atom stereocenters. The second-order valence-corrected chi connectivity index (χ2v) is 9.75. The maximum absolute atomic E-state index is 13.5. The van der Waals surface area contributed by atoms with E-state index in [-0.39, 0.29) is 17.8 Å². The lowest BCUT2D eigenvalue weighted by molar-refractivity contribution is 0.0711. The molecule has 0 aromatic heterocycles. The Balaban J connectivity index is 1.42. The molecule has 0 radical (unpaired) electrons. The highest BCUT2D eigenvalue weighted by molar-refractivity contribution is 6.05. The average Bonchev–Trinajstić information content (AvgIpc) is 3.35. The average molecular weight is 486 g/mol. The van der Waals surface area contributed by atoms with E-state index in [1.54, 1.807) is 5.01 Å².